The Kier molecular flexibility index (Phi) is 4.84. The summed E-state index contributed by atoms with van der Waals surface area (Å²) in [6.45, 7) is 3.54. The zero-order chi connectivity index (χ0) is 23.3. The van der Waals surface area contributed by atoms with Crippen LogP contribution in [-0.2, 0) is 17.4 Å². The zero-order valence-corrected chi connectivity index (χ0v) is 18.9. The van der Waals surface area contributed by atoms with Crippen molar-refractivity contribution in [2.75, 3.05) is 4.90 Å². The number of hydrogen-bond acceptors (Lipinski definition) is 3. The maximum atomic E-state index is 15.3. The molecule has 0 saturated carbocycles. The highest BCUT2D eigenvalue weighted by atomic mass is 35.5. The Morgan fingerprint density at radius 3 is 2.45 bits per heavy atom. The van der Waals surface area contributed by atoms with Crippen LogP contribution in [-0.4, -0.2) is 25.2 Å². The molecule has 1 aliphatic heterocycles. The van der Waals surface area contributed by atoms with Crippen molar-refractivity contribution in [2.24, 2.45) is 7.05 Å². The lowest BCUT2D eigenvalue weighted by Gasteiger charge is -2.22. The minimum Gasteiger partial charge on any atom is -0.295 e. The Bertz CT molecular complexity index is 1440. The molecule has 5 rings (SSSR count). The number of anilines is 2. The van der Waals surface area contributed by atoms with Crippen molar-refractivity contribution in [3.05, 3.63) is 83.0 Å². The van der Waals surface area contributed by atoms with E-state index in [-0.39, 0.29) is 16.6 Å². The fourth-order valence-corrected chi connectivity index (χ4v) is 4.28. The third kappa shape index (κ3) is 3.40. The van der Waals surface area contributed by atoms with Crippen LogP contribution in [0.15, 0.2) is 61.1 Å². The first-order valence-corrected chi connectivity index (χ1v) is 10.6. The van der Waals surface area contributed by atoms with Gasteiger partial charge in [0.25, 0.3) is 5.91 Å². The molecular weight excluding hydrogens is 441 g/mol. The van der Waals surface area contributed by atoms with E-state index >= 15 is 4.39 Å². The van der Waals surface area contributed by atoms with E-state index in [0.29, 0.717) is 17.2 Å². The molecule has 3 heterocycles. The molecule has 1 aliphatic rings. The molecule has 0 saturated heterocycles. The number of carbonyl (C=O) groups is 1. The smallest absolute Gasteiger partial charge is 0.259 e. The van der Waals surface area contributed by atoms with Gasteiger partial charge in [-0.1, -0.05) is 41.6 Å². The summed E-state index contributed by atoms with van der Waals surface area (Å²) in [6, 6.07) is 12.2. The largest absolute Gasteiger partial charge is 0.295 e. The highest BCUT2D eigenvalue weighted by Crippen LogP contribution is 2.45. The first-order valence-electron chi connectivity index (χ1n) is 10.3. The normalized spacial score (nSPS) is 14.2. The number of carbonyl (C=O) groups excluding carboxylic acids is 1. The van der Waals surface area contributed by atoms with Crippen LogP contribution in [0.5, 0.6) is 0 Å². The molecule has 0 atom stereocenters. The number of rotatable bonds is 2. The van der Waals surface area contributed by atoms with E-state index in [1.165, 1.54) is 11.0 Å². The van der Waals surface area contributed by atoms with E-state index in [4.69, 9.17) is 11.6 Å². The van der Waals surface area contributed by atoms with Crippen molar-refractivity contribution in [3.8, 4) is 23.1 Å². The molecule has 0 bridgehead atoms. The van der Waals surface area contributed by atoms with Gasteiger partial charge in [0.15, 0.2) is 0 Å². The van der Waals surface area contributed by atoms with Gasteiger partial charge in [0.1, 0.15) is 17.0 Å². The molecule has 2 aromatic heterocycles. The average Bonchev–Trinajstić information content (AvgIpc) is 3.45. The van der Waals surface area contributed by atoms with E-state index in [1.807, 2.05) is 43.6 Å². The van der Waals surface area contributed by atoms with Crippen molar-refractivity contribution in [1.29, 1.82) is 0 Å². The lowest BCUT2D eigenvalue weighted by molar-refractivity contribution is -0.123. The quantitative estimate of drug-likeness (QED) is 0.401. The van der Waals surface area contributed by atoms with Crippen LogP contribution >= 0.6 is 11.6 Å². The number of hydrogen-bond donors (Lipinski definition) is 0. The maximum Gasteiger partial charge on any atom is 0.259 e. The molecular formula is C25H19ClFN5O. The lowest BCUT2D eigenvalue weighted by atomic mass is 10.0. The molecule has 0 unspecified atom stereocenters. The third-order valence-electron chi connectivity index (χ3n) is 5.59. The van der Waals surface area contributed by atoms with Crippen LogP contribution in [0.25, 0.3) is 11.3 Å². The number of aromatic nitrogens is 4. The number of aryl methyl sites for hydroxylation is 1. The van der Waals surface area contributed by atoms with Crippen LogP contribution in [0.3, 0.4) is 0 Å². The average molecular weight is 460 g/mol. The monoisotopic (exact) mass is 459 g/mol. The van der Waals surface area contributed by atoms with Crippen LogP contribution in [0.1, 0.15) is 25.0 Å². The summed E-state index contributed by atoms with van der Waals surface area (Å²) in [6.07, 6.45) is 5.18. The van der Waals surface area contributed by atoms with Crippen molar-refractivity contribution < 1.29 is 9.18 Å². The van der Waals surface area contributed by atoms with Crippen LogP contribution in [0.2, 0.25) is 5.02 Å². The summed E-state index contributed by atoms with van der Waals surface area (Å²) in [7, 11) is 1.81. The predicted octanol–water partition coefficient (Wildman–Crippen LogP) is 4.89. The number of imidazole rings is 1. The molecule has 0 aliphatic carbocycles. The van der Waals surface area contributed by atoms with Crippen molar-refractivity contribution in [3.63, 3.8) is 0 Å². The van der Waals surface area contributed by atoms with E-state index in [2.05, 4.69) is 21.9 Å². The van der Waals surface area contributed by atoms with Gasteiger partial charge in [-0.05, 0) is 38.1 Å². The van der Waals surface area contributed by atoms with Gasteiger partial charge in [-0.3, -0.25) is 14.0 Å². The highest BCUT2D eigenvalue weighted by molar-refractivity contribution is 6.34. The molecule has 33 heavy (non-hydrogen) atoms. The van der Waals surface area contributed by atoms with Crippen molar-refractivity contribution in [1.82, 2.24) is 19.3 Å². The fraction of sp³-hybridized carbons (Fsp3) is 0.160. The number of benzene rings is 2. The van der Waals surface area contributed by atoms with Gasteiger partial charge in [0.2, 0.25) is 5.95 Å². The Balaban J connectivity index is 1.59. The minimum atomic E-state index is -1.00. The summed E-state index contributed by atoms with van der Waals surface area (Å²) in [4.78, 5) is 19.1. The van der Waals surface area contributed by atoms with Gasteiger partial charge in [-0.25, -0.2) is 14.3 Å². The molecule has 0 spiro atoms. The topological polar surface area (TPSA) is 56.0 Å². The number of halogens is 2. The Morgan fingerprint density at radius 1 is 1.06 bits per heavy atom. The third-order valence-corrected chi connectivity index (χ3v) is 5.88. The molecule has 4 aromatic rings. The summed E-state index contributed by atoms with van der Waals surface area (Å²) >= 11 is 6.50. The second-order valence-electron chi connectivity index (χ2n) is 8.29. The van der Waals surface area contributed by atoms with Crippen LogP contribution in [0.4, 0.5) is 16.0 Å². The molecule has 6 nitrogen and oxygen atoms in total. The number of amides is 1. The predicted molar refractivity (Wildman–Crippen MR) is 125 cm³/mol. The van der Waals surface area contributed by atoms with Crippen molar-refractivity contribution >= 4 is 29.1 Å². The second-order valence-corrected chi connectivity index (χ2v) is 8.69. The summed E-state index contributed by atoms with van der Waals surface area (Å²) in [5.74, 6) is 5.23. The van der Waals surface area contributed by atoms with Crippen LogP contribution in [0, 0.1) is 17.7 Å². The van der Waals surface area contributed by atoms with E-state index in [9.17, 15) is 4.79 Å². The Hall–Kier alpha value is -3.89. The lowest BCUT2D eigenvalue weighted by Crippen LogP contribution is -2.36. The molecule has 0 N–H and O–H groups in total. The summed E-state index contributed by atoms with van der Waals surface area (Å²) < 4.78 is 18.8. The fourth-order valence-electron chi connectivity index (χ4n) is 3.99. The van der Waals surface area contributed by atoms with Gasteiger partial charge in [-0.2, -0.15) is 5.10 Å². The first-order chi connectivity index (χ1) is 15.8. The van der Waals surface area contributed by atoms with Gasteiger partial charge in [0, 0.05) is 29.9 Å². The van der Waals surface area contributed by atoms with Crippen molar-refractivity contribution in [2.45, 2.75) is 19.4 Å². The van der Waals surface area contributed by atoms with Crippen LogP contribution < -0.4 is 4.90 Å². The summed E-state index contributed by atoms with van der Waals surface area (Å²) in [5, 5.41) is 4.28. The maximum absolute atomic E-state index is 15.3. The van der Waals surface area contributed by atoms with Gasteiger partial charge >= 0.3 is 0 Å². The van der Waals surface area contributed by atoms with E-state index < -0.39 is 11.4 Å². The second kappa shape index (κ2) is 7.61. The first kappa shape index (κ1) is 21.0. The SMILES string of the molecule is Cn1cc(-c2cnc3n2C(C)(C)C(=O)N3c2c(F)cc(C#Cc3ccccc3)cc2Cl)cn1. The summed E-state index contributed by atoms with van der Waals surface area (Å²) in [5.41, 5.74) is 1.69. The standard InChI is InChI=1S/C25H19ClFN5O/c1-25(2)23(33)31(24-28-14-21(32(24)25)18-13-29-30(3)15-18)22-19(26)11-17(12-20(22)27)10-9-16-7-5-4-6-8-16/h4-8,11-15H,1-3H3. The molecule has 2 aromatic carbocycles. The zero-order valence-electron chi connectivity index (χ0n) is 18.2. The molecule has 0 fully saturated rings. The van der Waals surface area contributed by atoms with E-state index in [1.54, 1.807) is 41.6 Å². The Morgan fingerprint density at radius 2 is 1.79 bits per heavy atom. The van der Waals surface area contributed by atoms with E-state index in [0.717, 1.165) is 11.1 Å². The number of nitrogens with zero attached hydrogens (tertiary/aromatic N) is 5. The Labute approximate surface area is 195 Å². The van der Waals surface area contributed by atoms with Gasteiger partial charge in [0.05, 0.1) is 23.1 Å². The molecule has 0 radical (unpaired) electrons. The molecule has 1 amide bonds. The highest BCUT2D eigenvalue weighted by Gasteiger charge is 2.48. The molecule has 164 valence electrons. The number of fused-ring (bicyclic) bond motifs is 1. The minimum absolute atomic E-state index is 0.0397. The molecule has 8 heteroatoms. The van der Waals surface area contributed by atoms with Gasteiger partial charge < -0.3 is 0 Å². The van der Waals surface area contributed by atoms with Gasteiger partial charge in [-0.15, -0.1) is 0 Å².